The summed E-state index contributed by atoms with van der Waals surface area (Å²) in [4.78, 5) is 2.31. The predicted octanol–water partition coefficient (Wildman–Crippen LogP) is 15.3. The summed E-state index contributed by atoms with van der Waals surface area (Å²) < 4.78 is 6.79. The molecule has 0 fully saturated rings. The first kappa shape index (κ1) is 33.2. The Morgan fingerprint density at radius 3 is 1.04 bits per heavy atom. The van der Waals surface area contributed by atoms with Gasteiger partial charge in [0.1, 0.15) is 11.5 Å². The third-order valence-electron chi connectivity index (χ3n) is 10.7. The van der Waals surface area contributed by atoms with E-state index in [1.165, 1.54) is 27.8 Å². The predicted molar refractivity (Wildman–Crippen MR) is 234 cm³/mol. The van der Waals surface area contributed by atoms with Gasteiger partial charge in [0, 0.05) is 28.2 Å². The van der Waals surface area contributed by atoms with Gasteiger partial charge in [0.2, 0.25) is 0 Å². The van der Waals surface area contributed by atoms with Crippen molar-refractivity contribution in [3.8, 4) is 78.3 Å². The molecule has 0 amide bonds. The average Bonchev–Trinajstić information content (AvgIpc) is 3.42. The molecule has 0 radical (unpaired) electrons. The second-order valence-corrected chi connectivity index (χ2v) is 14.1. The molecule has 1 heterocycles. The van der Waals surface area contributed by atoms with Gasteiger partial charge in [0.15, 0.2) is 0 Å². The summed E-state index contributed by atoms with van der Waals surface area (Å²) in [5, 5.41) is 0. The molecule has 0 unspecified atom stereocenters. The highest BCUT2D eigenvalue weighted by molar-refractivity contribution is 5.95. The lowest BCUT2D eigenvalue weighted by atomic mass is 9.89. The van der Waals surface area contributed by atoms with E-state index in [1.807, 2.05) is 0 Å². The van der Waals surface area contributed by atoms with Crippen molar-refractivity contribution in [3.63, 3.8) is 0 Å². The molecule has 0 bridgehead atoms. The largest absolute Gasteiger partial charge is 0.456 e. The fraction of sp³-hybridized carbons (Fsp3) is 0. The highest BCUT2D eigenvalue weighted by Gasteiger charge is 2.23. The number of nitrogens with zero attached hydrogens (tertiary/aromatic N) is 1. The van der Waals surface area contributed by atoms with Crippen LogP contribution in [0.4, 0.5) is 17.1 Å². The molecule has 56 heavy (non-hydrogen) atoms. The van der Waals surface area contributed by atoms with Gasteiger partial charge in [-0.25, -0.2) is 0 Å². The average molecular weight is 716 g/mol. The van der Waals surface area contributed by atoms with E-state index in [2.05, 4.69) is 229 Å². The van der Waals surface area contributed by atoms with Crippen molar-refractivity contribution < 1.29 is 4.74 Å². The van der Waals surface area contributed by atoms with Crippen LogP contribution >= 0.6 is 0 Å². The van der Waals surface area contributed by atoms with Crippen molar-refractivity contribution >= 4 is 17.1 Å². The monoisotopic (exact) mass is 715 g/mol. The topological polar surface area (TPSA) is 12.5 Å². The van der Waals surface area contributed by atoms with Crippen LogP contribution in [0, 0.1) is 0 Å². The highest BCUT2D eigenvalue weighted by Crippen LogP contribution is 2.50. The number of fused-ring (bicyclic) bond motifs is 5. The number of para-hydroxylation sites is 1. The minimum Gasteiger partial charge on any atom is -0.456 e. The van der Waals surface area contributed by atoms with Crippen LogP contribution < -0.4 is 9.64 Å². The lowest BCUT2D eigenvalue weighted by molar-refractivity contribution is 0.488. The van der Waals surface area contributed by atoms with Crippen LogP contribution in [-0.4, -0.2) is 0 Å². The molecular weight excluding hydrogens is 679 g/mol. The summed E-state index contributed by atoms with van der Waals surface area (Å²) >= 11 is 0. The normalized spacial score (nSPS) is 11.4. The smallest absolute Gasteiger partial charge is 0.135 e. The molecule has 10 rings (SSSR count). The second kappa shape index (κ2) is 14.4. The van der Waals surface area contributed by atoms with Gasteiger partial charge in [-0.3, -0.25) is 0 Å². The zero-order valence-electron chi connectivity index (χ0n) is 30.7. The highest BCUT2D eigenvalue weighted by atomic mass is 16.5. The minimum absolute atomic E-state index is 0.847. The molecule has 0 aliphatic carbocycles. The molecule has 0 spiro atoms. The van der Waals surface area contributed by atoms with Crippen LogP contribution in [0.1, 0.15) is 0 Å². The first-order valence-electron chi connectivity index (χ1n) is 19.1. The number of ether oxygens (including phenoxy) is 1. The van der Waals surface area contributed by atoms with Crippen molar-refractivity contribution in [1.82, 2.24) is 0 Å². The number of anilines is 3. The number of benzene rings is 9. The van der Waals surface area contributed by atoms with E-state index in [-0.39, 0.29) is 0 Å². The van der Waals surface area contributed by atoms with Gasteiger partial charge in [-0.2, -0.15) is 0 Å². The zero-order valence-corrected chi connectivity index (χ0v) is 30.7. The van der Waals surface area contributed by atoms with Crippen molar-refractivity contribution in [2.24, 2.45) is 0 Å². The van der Waals surface area contributed by atoms with E-state index in [1.54, 1.807) is 0 Å². The molecule has 9 aromatic carbocycles. The SMILES string of the molecule is c1ccc(-c2ccc(N(c3ccccc3)c3ccc(-c4ccc5c(c4)-c4ccc(-c6ccccc6)cc4-c4cc(-c6ccccc6)ccc4O5)cc3)cc2)cc1. The van der Waals surface area contributed by atoms with Crippen LogP contribution in [0.3, 0.4) is 0 Å². The van der Waals surface area contributed by atoms with Gasteiger partial charge in [-0.15, -0.1) is 0 Å². The number of hydrogen-bond acceptors (Lipinski definition) is 2. The van der Waals surface area contributed by atoms with Crippen molar-refractivity contribution in [1.29, 1.82) is 0 Å². The maximum atomic E-state index is 6.79. The zero-order chi connectivity index (χ0) is 37.3. The Balaban J connectivity index is 1.04. The Morgan fingerprint density at radius 1 is 0.232 bits per heavy atom. The van der Waals surface area contributed by atoms with Gasteiger partial charge >= 0.3 is 0 Å². The number of hydrogen-bond donors (Lipinski definition) is 0. The molecule has 0 aromatic heterocycles. The van der Waals surface area contributed by atoms with Gasteiger partial charge in [-0.05, 0) is 122 Å². The molecule has 2 heteroatoms. The van der Waals surface area contributed by atoms with Gasteiger partial charge < -0.3 is 9.64 Å². The quantitative estimate of drug-likeness (QED) is 0.163. The van der Waals surface area contributed by atoms with Gasteiger partial charge in [-0.1, -0.05) is 158 Å². The Labute approximate surface area is 328 Å². The van der Waals surface area contributed by atoms with E-state index >= 15 is 0 Å². The summed E-state index contributed by atoms with van der Waals surface area (Å²) in [6.07, 6.45) is 0. The molecule has 1 aliphatic rings. The lowest BCUT2D eigenvalue weighted by Crippen LogP contribution is -2.09. The molecule has 0 N–H and O–H groups in total. The van der Waals surface area contributed by atoms with E-state index in [9.17, 15) is 0 Å². The van der Waals surface area contributed by atoms with Crippen LogP contribution in [0.25, 0.3) is 66.8 Å². The van der Waals surface area contributed by atoms with Gasteiger partial charge in [0.25, 0.3) is 0 Å². The molecule has 0 saturated carbocycles. The Hall–Kier alpha value is -7.42. The van der Waals surface area contributed by atoms with Crippen LogP contribution in [-0.2, 0) is 0 Å². The second-order valence-electron chi connectivity index (χ2n) is 14.1. The fourth-order valence-corrected chi connectivity index (χ4v) is 7.84. The fourth-order valence-electron chi connectivity index (χ4n) is 7.84. The molecule has 1 aliphatic heterocycles. The van der Waals surface area contributed by atoms with Crippen LogP contribution in [0.2, 0.25) is 0 Å². The maximum Gasteiger partial charge on any atom is 0.135 e. The van der Waals surface area contributed by atoms with Crippen LogP contribution in [0.15, 0.2) is 224 Å². The van der Waals surface area contributed by atoms with Gasteiger partial charge in [0.05, 0.1) is 0 Å². The standard InChI is InChI=1S/C54H37NO/c1-5-13-38(14-6-1)41-21-28-47(29-22-41)55(46-19-11-4-12-20-46)48-30-23-42(24-31-48)45-27-33-53-51(36-45)49-32-25-43(39-15-7-2-8-16-39)35-50(49)52-37-44(26-34-54(52)56-53)40-17-9-3-10-18-40/h1-37H. The van der Waals surface area contributed by atoms with E-state index in [0.29, 0.717) is 0 Å². The Morgan fingerprint density at radius 2 is 0.554 bits per heavy atom. The first-order valence-corrected chi connectivity index (χ1v) is 19.1. The van der Waals surface area contributed by atoms with Crippen LogP contribution in [0.5, 0.6) is 11.5 Å². The third kappa shape index (κ3) is 6.34. The summed E-state index contributed by atoms with van der Waals surface area (Å²) in [5.41, 5.74) is 17.1. The lowest BCUT2D eigenvalue weighted by Gasteiger charge is -2.26. The Bertz CT molecular complexity index is 2780. The van der Waals surface area contributed by atoms with Crippen molar-refractivity contribution in [2.45, 2.75) is 0 Å². The summed E-state index contributed by atoms with van der Waals surface area (Å²) in [5.74, 6) is 1.70. The molecule has 9 aromatic rings. The minimum atomic E-state index is 0.847. The van der Waals surface area contributed by atoms with Crippen molar-refractivity contribution in [3.05, 3.63) is 224 Å². The Kier molecular flexibility index (Phi) is 8.55. The number of rotatable bonds is 7. The van der Waals surface area contributed by atoms with Crippen molar-refractivity contribution in [2.75, 3.05) is 4.90 Å². The first-order chi connectivity index (χ1) is 27.7. The van der Waals surface area contributed by atoms with E-state index < -0.39 is 0 Å². The molecular formula is C54H37NO. The molecule has 264 valence electrons. The maximum absolute atomic E-state index is 6.79. The molecule has 2 nitrogen and oxygen atoms in total. The summed E-state index contributed by atoms with van der Waals surface area (Å²) in [6.45, 7) is 0. The molecule has 0 saturated heterocycles. The summed E-state index contributed by atoms with van der Waals surface area (Å²) in [6, 6.07) is 79.9. The van der Waals surface area contributed by atoms with E-state index in [4.69, 9.17) is 4.74 Å². The van der Waals surface area contributed by atoms with E-state index in [0.717, 1.165) is 67.5 Å². The molecule has 0 atom stereocenters. The summed E-state index contributed by atoms with van der Waals surface area (Å²) in [7, 11) is 0. The third-order valence-corrected chi connectivity index (χ3v) is 10.7.